The molecule has 258 valence electrons. The molecule has 50 heavy (non-hydrogen) atoms. The van der Waals surface area contributed by atoms with Crippen LogP contribution in [0.3, 0.4) is 0 Å². The second-order valence-electron chi connectivity index (χ2n) is 10.5. The van der Waals surface area contributed by atoms with Crippen molar-refractivity contribution in [1.29, 1.82) is 0 Å². The quantitative estimate of drug-likeness (QED) is 0.167. The largest absolute Gasteiger partial charge is 0.491 e. The lowest BCUT2D eigenvalue weighted by Gasteiger charge is -2.19. The summed E-state index contributed by atoms with van der Waals surface area (Å²) >= 11 is 0. The molecule has 0 saturated carbocycles. The number of esters is 2. The van der Waals surface area contributed by atoms with E-state index in [-0.39, 0.29) is 52.0 Å². The molecule has 0 saturated heterocycles. The Morgan fingerprint density at radius 2 is 1.68 bits per heavy atom. The van der Waals surface area contributed by atoms with Crippen molar-refractivity contribution in [2.75, 3.05) is 26.1 Å². The summed E-state index contributed by atoms with van der Waals surface area (Å²) in [5.74, 6) is -3.32. The molecule has 0 unspecified atom stereocenters. The number of halogens is 2. The number of amides is 1. The van der Waals surface area contributed by atoms with E-state index >= 15 is 4.39 Å². The van der Waals surface area contributed by atoms with Crippen LogP contribution in [-0.2, 0) is 32.2 Å². The fourth-order valence-corrected chi connectivity index (χ4v) is 4.95. The summed E-state index contributed by atoms with van der Waals surface area (Å²) in [6.07, 6.45) is 2.56. The lowest BCUT2D eigenvalue weighted by Crippen LogP contribution is -2.29. The highest BCUT2D eigenvalue weighted by molar-refractivity contribution is 6.05. The Kier molecular flexibility index (Phi) is 10.6. The number of hydrogen-bond acceptors (Lipinski definition) is 11. The van der Waals surface area contributed by atoms with Gasteiger partial charge in [-0.3, -0.25) is 24.2 Å². The number of nitrogens with zero attached hydrogens (tertiary/aromatic N) is 3. The van der Waals surface area contributed by atoms with Gasteiger partial charge >= 0.3 is 11.9 Å². The zero-order valence-corrected chi connectivity index (χ0v) is 27.2. The molecular weight excluding hydrogens is 658 g/mol. The zero-order valence-electron chi connectivity index (χ0n) is 27.2. The van der Waals surface area contributed by atoms with E-state index in [1.807, 2.05) is 0 Å². The summed E-state index contributed by atoms with van der Waals surface area (Å²) in [7, 11) is 2.86. The highest BCUT2D eigenvalue weighted by Crippen LogP contribution is 2.35. The molecule has 1 N–H and O–H groups in total. The van der Waals surface area contributed by atoms with Gasteiger partial charge in [0.25, 0.3) is 11.8 Å². The maximum Gasteiger partial charge on any atom is 0.325 e. The van der Waals surface area contributed by atoms with E-state index in [1.165, 1.54) is 55.3 Å². The Morgan fingerprint density at radius 1 is 0.920 bits per heavy atom. The summed E-state index contributed by atoms with van der Waals surface area (Å²) in [5.41, 5.74) is -0.499. The van der Waals surface area contributed by atoms with Gasteiger partial charge in [-0.25, -0.2) is 13.8 Å². The van der Waals surface area contributed by atoms with Crippen LogP contribution in [0, 0.1) is 11.6 Å². The van der Waals surface area contributed by atoms with Crippen LogP contribution in [0.2, 0.25) is 0 Å². The average molecular weight is 689 g/mol. The molecule has 3 aromatic heterocycles. The molecule has 3 heterocycles. The number of pyridine rings is 3. The molecular formula is C35H30F2N4O9. The molecule has 0 bridgehead atoms. The van der Waals surface area contributed by atoms with Crippen LogP contribution in [-0.4, -0.2) is 53.2 Å². The summed E-state index contributed by atoms with van der Waals surface area (Å²) in [6, 6.07) is 11.5. The fourth-order valence-electron chi connectivity index (χ4n) is 4.95. The lowest BCUT2D eigenvalue weighted by atomic mass is 10.00. The van der Waals surface area contributed by atoms with E-state index in [9.17, 15) is 23.6 Å². The Labute approximate surface area is 283 Å². The van der Waals surface area contributed by atoms with Gasteiger partial charge in [0.2, 0.25) is 5.43 Å². The molecule has 0 radical (unpaired) electrons. The highest BCUT2D eigenvalue weighted by atomic mass is 19.1. The van der Waals surface area contributed by atoms with Crippen molar-refractivity contribution in [3.05, 3.63) is 100 Å². The summed E-state index contributed by atoms with van der Waals surface area (Å²) in [4.78, 5) is 60.3. The summed E-state index contributed by atoms with van der Waals surface area (Å²) in [6.45, 7) is 1.91. The van der Waals surface area contributed by atoms with Gasteiger partial charge in [0.1, 0.15) is 30.0 Å². The number of carbonyl (C=O) groups is 3. The number of aromatic nitrogens is 3. The summed E-state index contributed by atoms with van der Waals surface area (Å²) in [5, 5.41) is 2.49. The van der Waals surface area contributed by atoms with Crippen molar-refractivity contribution in [1.82, 2.24) is 14.5 Å². The number of anilines is 1. The Balaban J connectivity index is 1.50. The number of rotatable bonds is 12. The van der Waals surface area contributed by atoms with E-state index < -0.39 is 53.6 Å². The second kappa shape index (κ2) is 15.2. The first-order chi connectivity index (χ1) is 24.0. The van der Waals surface area contributed by atoms with Gasteiger partial charge in [0.05, 0.1) is 37.6 Å². The van der Waals surface area contributed by atoms with Crippen LogP contribution < -0.4 is 25.0 Å². The standard InChI is InChI=1S/C35H30F2N4O9/c1-5-48-30(43)17-41-16-23(33(44)31(26(41)18-49-19(2)42)20-6-8-21(36)9-7-20)34(45)39-22-10-11-27(24(37)14-22)50-28-12-13-38-25-15-29(46-3)35(47-4)40-32(25)28/h6-16H,5,17-18H2,1-4H3,(H,39,45). The number of fused-ring (bicyclic) bond motifs is 1. The lowest BCUT2D eigenvalue weighted by molar-refractivity contribution is -0.143. The number of benzene rings is 2. The third-order valence-electron chi connectivity index (χ3n) is 7.22. The first-order valence-corrected chi connectivity index (χ1v) is 15.0. The van der Waals surface area contributed by atoms with Crippen molar-refractivity contribution < 1.29 is 46.8 Å². The van der Waals surface area contributed by atoms with Crippen LogP contribution >= 0.6 is 0 Å². The molecule has 0 aliphatic carbocycles. The molecule has 5 rings (SSSR count). The van der Waals surface area contributed by atoms with Gasteiger partial charge in [-0.15, -0.1) is 0 Å². The third kappa shape index (κ3) is 7.67. The van der Waals surface area contributed by atoms with Crippen LogP contribution in [0.15, 0.2) is 71.8 Å². The minimum absolute atomic E-state index is 0.0346. The van der Waals surface area contributed by atoms with Crippen LogP contribution in [0.1, 0.15) is 29.9 Å². The minimum atomic E-state index is -0.951. The number of hydrogen-bond donors (Lipinski definition) is 1. The Morgan fingerprint density at radius 3 is 2.34 bits per heavy atom. The van der Waals surface area contributed by atoms with Gasteiger partial charge in [-0.2, -0.15) is 0 Å². The van der Waals surface area contributed by atoms with Gasteiger partial charge < -0.3 is 33.6 Å². The molecule has 13 nitrogen and oxygen atoms in total. The van der Waals surface area contributed by atoms with Gasteiger partial charge in [-0.1, -0.05) is 12.1 Å². The maximum absolute atomic E-state index is 15.4. The van der Waals surface area contributed by atoms with Crippen molar-refractivity contribution in [2.45, 2.75) is 27.0 Å². The van der Waals surface area contributed by atoms with E-state index in [4.69, 9.17) is 23.7 Å². The fraction of sp³-hybridized carbons (Fsp3) is 0.200. The predicted octanol–water partition coefficient (Wildman–Crippen LogP) is 5.42. The van der Waals surface area contributed by atoms with Gasteiger partial charge in [-0.05, 0) is 36.8 Å². The molecule has 0 fully saturated rings. The third-order valence-corrected chi connectivity index (χ3v) is 7.22. The maximum atomic E-state index is 15.4. The molecule has 0 atom stereocenters. The van der Waals surface area contributed by atoms with Gasteiger partial charge in [0, 0.05) is 43.2 Å². The van der Waals surface area contributed by atoms with E-state index in [0.717, 1.165) is 31.3 Å². The first kappa shape index (κ1) is 34.9. The molecule has 15 heteroatoms. The SMILES string of the molecule is CCOC(=O)Cn1cc(C(=O)Nc2ccc(Oc3ccnc4cc(OC)c(OC)nc34)c(F)c2)c(=O)c(-c2ccc(F)cc2)c1COC(C)=O. The smallest absolute Gasteiger partial charge is 0.325 e. The van der Waals surface area contributed by atoms with Crippen LogP contribution in [0.5, 0.6) is 23.1 Å². The van der Waals surface area contributed by atoms with Crippen molar-refractivity contribution in [3.8, 4) is 34.3 Å². The second-order valence-corrected chi connectivity index (χ2v) is 10.5. The van der Waals surface area contributed by atoms with E-state index in [2.05, 4.69) is 15.3 Å². The van der Waals surface area contributed by atoms with E-state index in [0.29, 0.717) is 11.3 Å². The van der Waals surface area contributed by atoms with Crippen LogP contribution in [0.4, 0.5) is 14.5 Å². The minimum Gasteiger partial charge on any atom is -0.491 e. The molecule has 2 aromatic carbocycles. The molecule has 0 spiro atoms. The topological polar surface area (TPSA) is 157 Å². The number of nitrogens with one attached hydrogen (secondary N) is 1. The van der Waals surface area contributed by atoms with Gasteiger partial charge in [0.15, 0.2) is 23.1 Å². The normalized spacial score (nSPS) is 10.8. The molecule has 0 aliphatic heterocycles. The van der Waals surface area contributed by atoms with Crippen molar-refractivity contribution in [2.24, 2.45) is 0 Å². The van der Waals surface area contributed by atoms with E-state index in [1.54, 1.807) is 13.0 Å². The number of methoxy groups -OCH3 is 2. The molecule has 5 aromatic rings. The Bertz CT molecular complexity index is 2150. The Hall–Kier alpha value is -6.38. The molecule has 0 aliphatic rings. The zero-order chi connectivity index (χ0) is 35.9. The monoisotopic (exact) mass is 688 g/mol. The number of ether oxygens (including phenoxy) is 5. The predicted molar refractivity (Wildman–Crippen MR) is 175 cm³/mol. The van der Waals surface area contributed by atoms with Crippen LogP contribution in [0.25, 0.3) is 22.2 Å². The molecule has 1 amide bonds. The summed E-state index contributed by atoms with van der Waals surface area (Å²) < 4.78 is 57.0. The first-order valence-electron chi connectivity index (χ1n) is 15.0. The van der Waals surface area contributed by atoms with Crippen molar-refractivity contribution >= 4 is 34.6 Å². The highest BCUT2D eigenvalue weighted by Gasteiger charge is 2.24. The number of carbonyl (C=O) groups excluding carboxylic acids is 3. The average Bonchev–Trinajstić information content (AvgIpc) is 3.09. The van der Waals surface area contributed by atoms with Crippen molar-refractivity contribution in [3.63, 3.8) is 0 Å².